The Kier molecular flexibility index (Phi) is 5.24. The summed E-state index contributed by atoms with van der Waals surface area (Å²) >= 11 is 0. The van der Waals surface area contributed by atoms with Crippen LogP contribution >= 0.6 is 0 Å². The number of sulfone groups is 1. The maximum Gasteiger partial charge on any atom is 0.238 e. The molecule has 0 aromatic carbocycles. The first-order valence-corrected chi connectivity index (χ1v) is 9.23. The van der Waals surface area contributed by atoms with Gasteiger partial charge < -0.3 is 21.3 Å². The van der Waals surface area contributed by atoms with Crippen LogP contribution in [0.5, 0.6) is 0 Å². The van der Waals surface area contributed by atoms with E-state index in [1.807, 2.05) is 0 Å². The molecule has 0 radical (unpaired) electrons. The number of aliphatic hydroxyl groups is 2. The lowest BCUT2D eigenvalue weighted by Gasteiger charge is -2.33. The standard InChI is InChI=1S/C13H24N2O5S/c14-9(7-21(19,20)6-8-4-5-8)13(18)15-12-10(16)2-1-3-11(12)17/h8-12,16-17H,1-7,14H2,(H,15,18)/t9-,10?,11?,12?/m0/s1. The number of hydrogen-bond acceptors (Lipinski definition) is 6. The molecule has 2 fully saturated rings. The van der Waals surface area contributed by atoms with Crippen LogP contribution in [0.1, 0.15) is 32.1 Å². The molecule has 0 aliphatic heterocycles. The fourth-order valence-electron chi connectivity index (χ4n) is 2.68. The molecule has 122 valence electrons. The Hall–Kier alpha value is -0.700. The zero-order valence-electron chi connectivity index (χ0n) is 11.9. The summed E-state index contributed by atoms with van der Waals surface area (Å²) in [6.45, 7) is 0. The first kappa shape index (κ1) is 16.7. The van der Waals surface area contributed by atoms with Crippen molar-refractivity contribution in [3.8, 4) is 0 Å². The molecule has 2 unspecified atom stereocenters. The van der Waals surface area contributed by atoms with E-state index in [-0.39, 0.29) is 11.7 Å². The van der Waals surface area contributed by atoms with Crippen LogP contribution in [0.2, 0.25) is 0 Å². The van der Waals surface area contributed by atoms with Gasteiger partial charge in [0.2, 0.25) is 5.91 Å². The Morgan fingerprint density at radius 2 is 1.76 bits per heavy atom. The summed E-state index contributed by atoms with van der Waals surface area (Å²) in [5.74, 6) is -0.733. The van der Waals surface area contributed by atoms with Gasteiger partial charge in [-0.15, -0.1) is 0 Å². The molecule has 0 aromatic heterocycles. The van der Waals surface area contributed by atoms with Gasteiger partial charge in [0.05, 0.1) is 35.8 Å². The third-order valence-corrected chi connectivity index (χ3v) is 5.94. The minimum atomic E-state index is -3.34. The van der Waals surface area contributed by atoms with E-state index in [0.717, 1.165) is 12.8 Å². The van der Waals surface area contributed by atoms with Crippen molar-refractivity contribution >= 4 is 15.7 Å². The Balaban J connectivity index is 1.86. The third kappa shape index (κ3) is 4.91. The lowest BCUT2D eigenvalue weighted by atomic mass is 9.90. The summed E-state index contributed by atoms with van der Waals surface area (Å²) in [4.78, 5) is 12.0. The topological polar surface area (TPSA) is 130 Å². The van der Waals surface area contributed by atoms with Crippen LogP contribution in [0.25, 0.3) is 0 Å². The predicted molar refractivity (Wildman–Crippen MR) is 77.1 cm³/mol. The quantitative estimate of drug-likeness (QED) is 0.473. The van der Waals surface area contributed by atoms with Gasteiger partial charge in [0.25, 0.3) is 0 Å². The number of nitrogens with two attached hydrogens (primary N) is 1. The SMILES string of the molecule is N[C@@H](CS(=O)(=O)CC1CC1)C(=O)NC1C(O)CCCC1O. The highest BCUT2D eigenvalue weighted by Crippen LogP contribution is 2.30. The summed E-state index contributed by atoms with van der Waals surface area (Å²) in [6.07, 6.45) is 1.87. The highest BCUT2D eigenvalue weighted by molar-refractivity contribution is 7.91. The maximum atomic E-state index is 12.0. The van der Waals surface area contributed by atoms with E-state index in [0.29, 0.717) is 19.3 Å². The fraction of sp³-hybridized carbons (Fsp3) is 0.923. The van der Waals surface area contributed by atoms with Gasteiger partial charge in [-0.2, -0.15) is 0 Å². The molecule has 7 nitrogen and oxygen atoms in total. The number of rotatable bonds is 6. The highest BCUT2D eigenvalue weighted by Gasteiger charge is 2.35. The van der Waals surface area contributed by atoms with E-state index in [2.05, 4.69) is 5.32 Å². The molecule has 0 bridgehead atoms. The molecule has 0 spiro atoms. The van der Waals surface area contributed by atoms with Gasteiger partial charge in [0.1, 0.15) is 0 Å². The summed E-state index contributed by atoms with van der Waals surface area (Å²) in [5, 5.41) is 22.1. The van der Waals surface area contributed by atoms with Gasteiger partial charge in [-0.3, -0.25) is 4.79 Å². The Bertz CT molecular complexity index is 467. The van der Waals surface area contributed by atoms with Gasteiger partial charge in [-0.1, -0.05) is 0 Å². The Labute approximate surface area is 124 Å². The van der Waals surface area contributed by atoms with Crippen molar-refractivity contribution in [2.75, 3.05) is 11.5 Å². The minimum Gasteiger partial charge on any atom is -0.391 e. The van der Waals surface area contributed by atoms with Crippen LogP contribution < -0.4 is 11.1 Å². The van der Waals surface area contributed by atoms with Crippen molar-refractivity contribution in [1.29, 1.82) is 0 Å². The smallest absolute Gasteiger partial charge is 0.238 e. The van der Waals surface area contributed by atoms with Crippen molar-refractivity contribution in [1.82, 2.24) is 5.32 Å². The van der Waals surface area contributed by atoms with Crippen LogP contribution in [0.4, 0.5) is 0 Å². The fourth-order valence-corrected chi connectivity index (χ4v) is 4.56. The molecule has 0 saturated heterocycles. The third-order valence-electron chi connectivity index (χ3n) is 4.09. The van der Waals surface area contributed by atoms with E-state index in [9.17, 15) is 23.4 Å². The molecule has 5 N–H and O–H groups in total. The van der Waals surface area contributed by atoms with Gasteiger partial charge in [0, 0.05) is 0 Å². The van der Waals surface area contributed by atoms with E-state index in [1.54, 1.807) is 0 Å². The second-order valence-electron chi connectivity index (χ2n) is 6.23. The van der Waals surface area contributed by atoms with Crippen LogP contribution in [-0.2, 0) is 14.6 Å². The van der Waals surface area contributed by atoms with E-state index in [4.69, 9.17) is 5.73 Å². The molecule has 2 rings (SSSR count). The molecule has 1 amide bonds. The molecule has 2 aliphatic rings. The largest absolute Gasteiger partial charge is 0.391 e. The Morgan fingerprint density at radius 1 is 1.19 bits per heavy atom. The molecule has 8 heteroatoms. The zero-order valence-corrected chi connectivity index (χ0v) is 12.8. The van der Waals surface area contributed by atoms with E-state index >= 15 is 0 Å². The first-order chi connectivity index (χ1) is 9.78. The number of carbonyl (C=O) groups excluding carboxylic acids is 1. The van der Waals surface area contributed by atoms with Crippen molar-refractivity contribution in [3.63, 3.8) is 0 Å². The van der Waals surface area contributed by atoms with Crippen molar-refractivity contribution in [2.24, 2.45) is 11.7 Å². The minimum absolute atomic E-state index is 0.0860. The summed E-state index contributed by atoms with van der Waals surface area (Å²) in [6, 6.07) is -1.95. The predicted octanol–water partition coefficient (Wildman–Crippen LogP) is -1.47. The van der Waals surface area contributed by atoms with Crippen LogP contribution in [-0.4, -0.2) is 60.3 Å². The van der Waals surface area contributed by atoms with Crippen molar-refractivity contribution in [2.45, 2.75) is 56.4 Å². The lowest BCUT2D eigenvalue weighted by Crippen LogP contribution is -2.57. The normalized spacial score (nSPS) is 31.7. The van der Waals surface area contributed by atoms with Gasteiger partial charge in [0.15, 0.2) is 9.84 Å². The number of carbonyl (C=O) groups is 1. The van der Waals surface area contributed by atoms with E-state index in [1.165, 1.54) is 0 Å². The molecule has 3 atom stereocenters. The summed E-state index contributed by atoms with van der Waals surface area (Å²) < 4.78 is 23.7. The Morgan fingerprint density at radius 3 is 2.29 bits per heavy atom. The van der Waals surface area contributed by atoms with Gasteiger partial charge in [-0.05, 0) is 38.0 Å². The van der Waals surface area contributed by atoms with Crippen molar-refractivity contribution < 1.29 is 23.4 Å². The first-order valence-electron chi connectivity index (χ1n) is 7.41. The van der Waals surface area contributed by atoms with E-state index < -0.39 is 45.8 Å². The monoisotopic (exact) mass is 320 g/mol. The van der Waals surface area contributed by atoms with Crippen LogP contribution in [0.3, 0.4) is 0 Å². The number of hydrogen-bond donors (Lipinski definition) is 4. The van der Waals surface area contributed by atoms with Gasteiger partial charge in [-0.25, -0.2) is 8.42 Å². The van der Waals surface area contributed by atoms with Crippen LogP contribution in [0, 0.1) is 5.92 Å². The lowest BCUT2D eigenvalue weighted by molar-refractivity contribution is -0.125. The summed E-state index contributed by atoms with van der Waals surface area (Å²) in [7, 11) is -3.34. The number of nitrogens with one attached hydrogen (secondary N) is 1. The van der Waals surface area contributed by atoms with Crippen LogP contribution in [0.15, 0.2) is 0 Å². The number of aliphatic hydroxyl groups excluding tert-OH is 2. The molecule has 21 heavy (non-hydrogen) atoms. The zero-order chi connectivity index (χ0) is 15.6. The molecule has 2 aliphatic carbocycles. The molecular weight excluding hydrogens is 296 g/mol. The highest BCUT2D eigenvalue weighted by atomic mass is 32.2. The average molecular weight is 320 g/mol. The van der Waals surface area contributed by atoms with Gasteiger partial charge >= 0.3 is 0 Å². The van der Waals surface area contributed by atoms with Crippen molar-refractivity contribution in [3.05, 3.63) is 0 Å². The molecule has 0 aromatic rings. The maximum absolute atomic E-state index is 12.0. The molecule has 0 heterocycles. The summed E-state index contributed by atoms with van der Waals surface area (Å²) in [5.41, 5.74) is 5.65. The number of amides is 1. The molecular formula is C13H24N2O5S. The average Bonchev–Trinajstić information content (AvgIpc) is 3.16. The molecule has 2 saturated carbocycles. The second-order valence-corrected chi connectivity index (χ2v) is 8.38. The second kappa shape index (κ2) is 6.60.